The summed E-state index contributed by atoms with van der Waals surface area (Å²) in [7, 11) is 0. The van der Waals surface area contributed by atoms with Crippen LogP contribution < -0.4 is 15.9 Å². The van der Waals surface area contributed by atoms with Crippen molar-refractivity contribution < 1.29 is 4.39 Å². The van der Waals surface area contributed by atoms with Crippen LogP contribution in [0.4, 0.5) is 4.39 Å². The minimum Gasteiger partial charge on any atom is -0.372 e. The number of halogens is 1. The summed E-state index contributed by atoms with van der Waals surface area (Å²) in [6.07, 6.45) is 1.84. The minimum absolute atomic E-state index is 0.234. The number of hydrogen-bond acceptors (Lipinski definition) is 2. The van der Waals surface area contributed by atoms with Crippen molar-refractivity contribution in [3.8, 4) is 0 Å². The molecule has 2 rings (SSSR count). The number of nitrogens with zero attached hydrogens (tertiary/aromatic N) is 1. The van der Waals surface area contributed by atoms with Crippen LogP contribution in [0.1, 0.15) is 0 Å². The zero-order valence-electron chi connectivity index (χ0n) is 5.84. The van der Waals surface area contributed by atoms with Gasteiger partial charge < -0.3 is 5.32 Å². The molecule has 0 unspecified atom stereocenters. The Bertz CT molecular complexity index is 384. The van der Waals surface area contributed by atoms with Gasteiger partial charge in [-0.1, -0.05) is 0 Å². The summed E-state index contributed by atoms with van der Waals surface area (Å²) in [5, 5.41) is 4.61. The van der Waals surface area contributed by atoms with Gasteiger partial charge in [0.1, 0.15) is 12.5 Å². The molecule has 0 radical (unpaired) electrons. The summed E-state index contributed by atoms with van der Waals surface area (Å²) >= 11 is 0. The van der Waals surface area contributed by atoms with Crippen molar-refractivity contribution >= 4 is 6.20 Å². The van der Waals surface area contributed by atoms with Crippen molar-refractivity contribution in [3.63, 3.8) is 0 Å². The third kappa shape index (κ3) is 1.09. The third-order valence-electron chi connectivity index (χ3n) is 1.59. The SMILES string of the molecule is Fc1ccc2c(c1)=NCNC=2. The van der Waals surface area contributed by atoms with Crippen LogP contribution in [0, 0.1) is 5.82 Å². The van der Waals surface area contributed by atoms with Crippen LogP contribution in [0.25, 0.3) is 6.20 Å². The maximum absolute atomic E-state index is 12.6. The lowest BCUT2D eigenvalue weighted by Gasteiger charge is -2.00. The zero-order chi connectivity index (χ0) is 7.68. The van der Waals surface area contributed by atoms with E-state index in [9.17, 15) is 4.39 Å². The van der Waals surface area contributed by atoms with E-state index in [0.29, 0.717) is 6.67 Å². The summed E-state index contributed by atoms with van der Waals surface area (Å²) in [6.45, 7) is 0.538. The van der Waals surface area contributed by atoms with Crippen LogP contribution in [-0.4, -0.2) is 6.67 Å². The Morgan fingerprint density at radius 2 is 2.36 bits per heavy atom. The normalized spacial score (nSPS) is 13.9. The molecule has 11 heavy (non-hydrogen) atoms. The van der Waals surface area contributed by atoms with Gasteiger partial charge >= 0.3 is 0 Å². The lowest BCUT2D eigenvalue weighted by Crippen LogP contribution is -2.33. The molecule has 0 saturated carbocycles. The van der Waals surface area contributed by atoms with Gasteiger partial charge in [-0.2, -0.15) is 0 Å². The van der Waals surface area contributed by atoms with Gasteiger partial charge in [0.25, 0.3) is 0 Å². The van der Waals surface area contributed by atoms with E-state index in [-0.39, 0.29) is 5.82 Å². The summed E-state index contributed by atoms with van der Waals surface area (Å²) in [5.41, 5.74) is 0. The van der Waals surface area contributed by atoms with E-state index in [0.717, 1.165) is 10.6 Å². The highest BCUT2D eigenvalue weighted by Gasteiger charge is 1.93. The van der Waals surface area contributed by atoms with Gasteiger partial charge in [-0.05, 0) is 18.2 Å². The average molecular weight is 150 g/mol. The minimum atomic E-state index is -0.234. The molecule has 1 aliphatic rings. The van der Waals surface area contributed by atoms with Gasteiger partial charge in [-0.3, -0.25) is 4.99 Å². The quantitative estimate of drug-likeness (QED) is 0.541. The number of nitrogens with one attached hydrogen (secondary N) is 1. The monoisotopic (exact) mass is 150 g/mol. The molecule has 56 valence electrons. The predicted molar refractivity (Wildman–Crippen MR) is 39.6 cm³/mol. The molecule has 1 aliphatic heterocycles. The molecule has 0 amide bonds. The highest BCUT2D eigenvalue weighted by atomic mass is 19.1. The Balaban J connectivity index is 2.80. The largest absolute Gasteiger partial charge is 0.372 e. The average Bonchev–Trinajstić information content (AvgIpc) is 2.04. The van der Waals surface area contributed by atoms with Crippen molar-refractivity contribution in [2.75, 3.05) is 6.67 Å². The molecule has 1 heterocycles. The molecular weight excluding hydrogens is 143 g/mol. The molecule has 0 saturated heterocycles. The van der Waals surface area contributed by atoms with E-state index in [1.807, 2.05) is 6.20 Å². The second kappa shape index (κ2) is 2.34. The standard InChI is InChI=1S/C8H7FN2/c9-7-2-1-6-4-10-5-11-8(6)3-7/h1-4,10H,5H2. The molecular formula is C8H7FN2. The van der Waals surface area contributed by atoms with Gasteiger partial charge in [0.2, 0.25) is 0 Å². The first kappa shape index (κ1) is 6.34. The van der Waals surface area contributed by atoms with Gasteiger partial charge in [0, 0.05) is 11.4 Å². The summed E-state index contributed by atoms with van der Waals surface area (Å²) in [6, 6.07) is 4.57. The van der Waals surface area contributed by atoms with E-state index in [1.165, 1.54) is 12.1 Å². The Kier molecular flexibility index (Phi) is 1.35. The molecule has 1 aromatic carbocycles. The second-order valence-electron chi connectivity index (χ2n) is 2.37. The Morgan fingerprint density at radius 3 is 3.27 bits per heavy atom. The molecule has 2 nitrogen and oxygen atoms in total. The van der Waals surface area contributed by atoms with E-state index in [4.69, 9.17) is 0 Å². The Hall–Kier alpha value is -1.38. The summed E-state index contributed by atoms with van der Waals surface area (Å²) in [4.78, 5) is 4.07. The van der Waals surface area contributed by atoms with E-state index in [2.05, 4.69) is 10.3 Å². The van der Waals surface area contributed by atoms with Crippen LogP contribution >= 0.6 is 0 Å². The molecule has 1 N–H and O–H groups in total. The van der Waals surface area contributed by atoms with Crippen molar-refractivity contribution in [2.45, 2.75) is 0 Å². The first-order chi connectivity index (χ1) is 5.36. The van der Waals surface area contributed by atoms with Gasteiger partial charge in [0.15, 0.2) is 0 Å². The van der Waals surface area contributed by atoms with Crippen molar-refractivity contribution in [3.05, 3.63) is 34.6 Å². The van der Waals surface area contributed by atoms with Gasteiger partial charge in [-0.15, -0.1) is 0 Å². The maximum Gasteiger partial charge on any atom is 0.125 e. The first-order valence-electron chi connectivity index (χ1n) is 3.40. The fraction of sp³-hybridized carbons (Fsp3) is 0.125. The van der Waals surface area contributed by atoms with Crippen LogP contribution in [-0.2, 0) is 0 Å². The third-order valence-corrected chi connectivity index (χ3v) is 1.59. The topological polar surface area (TPSA) is 24.4 Å². The smallest absolute Gasteiger partial charge is 0.125 e. The Labute approximate surface area is 63.1 Å². The van der Waals surface area contributed by atoms with Gasteiger partial charge in [-0.25, -0.2) is 4.39 Å². The molecule has 0 atom stereocenters. The molecule has 0 bridgehead atoms. The van der Waals surface area contributed by atoms with E-state index < -0.39 is 0 Å². The fourth-order valence-electron chi connectivity index (χ4n) is 1.06. The second-order valence-corrected chi connectivity index (χ2v) is 2.37. The lowest BCUT2D eigenvalue weighted by molar-refractivity contribution is 0.624. The maximum atomic E-state index is 12.6. The molecule has 0 aliphatic carbocycles. The van der Waals surface area contributed by atoms with E-state index >= 15 is 0 Å². The fourth-order valence-corrected chi connectivity index (χ4v) is 1.06. The number of fused-ring (bicyclic) bond motifs is 1. The van der Waals surface area contributed by atoms with Crippen molar-refractivity contribution in [2.24, 2.45) is 4.99 Å². The first-order valence-corrected chi connectivity index (χ1v) is 3.40. The van der Waals surface area contributed by atoms with Crippen LogP contribution in [0.5, 0.6) is 0 Å². The molecule has 0 fully saturated rings. The van der Waals surface area contributed by atoms with Crippen molar-refractivity contribution in [1.82, 2.24) is 5.32 Å². The number of rotatable bonds is 0. The lowest BCUT2D eigenvalue weighted by atomic mass is 10.3. The molecule has 1 aromatic rings. The van der Waals surface area contributed by atoms with Crippen molar-refractivity contribution in [1.29, 1.82) is 0 Å². The van der Waals surface area contributed by atoms with Crippen LogP contribution in [0.2, 0.25) is 0 Å². The highest BCUT2D eigenvalue weighted by molar-refractivity contribution is 5.23. The van der Waals surface area contributed by atoms with Crippen LogP contribution in [0.3, 0.4) is 0 Å². The number of benzene rings is 1. The summed E-state index contributed by atoms with van der Waals surface area (Å²) < 4.78 is 12.6. The van der Waals surface area contributed by atoms with Crippen LogP contribution in [0.15, 0.2) is 23.2 Å². The summed E-state index contributed by atoms with van der Waals surface area (Å²) in [5.74, 6) is -0.234. The Morgan fingerprint density at radius 1 is 1.45 bits per heavy atom. The molecule has 0 aromatic heterocycles. The van der Waals surface area contributed by atoms with Gasteiger partial charge in [0.05, 0.1) is 5.36 Å². The molecule has 0 spiro atoms. The zero-order valence-corrected chi connectivity index (χ0v) is 5.84. The molecule has 3 heteroatoms. The number of hydrogen-bond donors (Lipinski definition) is 1. The predicted octanol–water partition coefficient (Wildman–Crippen LogP) is -0.256. The van der Waals surface area contributed by atoms with E-state index in [1.54, 1.807) is 6.07 Å². The highest BCUT2D eigenvalue weighted by Crippen LogP contribution is 1.86.